The number of nitrogens with zero attached hydrogens (tertiary/aromatic N) is 6. The van der Waals surface area contributed by atoms with Gasteiger partial charge in [0.15, 0.2) is 17.0 Å². The number of methoxy groups -OCH3 is 1. The second-order valence-corrected chi connectivity index (χ2v) is 11.3. The first-order valence-corrected chi connectivity index (χ1v) is 13.6. The molecule has 2 aromatic carbocycles. The first kappa shape index (κ1) is 25.2. The third-order valence-corrected chi connectivity index (χ3v) is 8.08. The molecular formula is C30H35N7O2. The maximum Gasteiger partial charge on any atom is 0.248 e. The van der Waals surface area contributed by atoms with E-state index < -0.39 is 5.91 Å². The summed E-state index contributed by atoms with van der Waals surface area (Å²) in [6.07, 6.45) is 5.97. The Bertz CT molecular complexity index is 1520. The number of carbonyl (C=O) groups is 1. The van der Waals surface area contributed by atoms with E-state index in [9.17, 15) is 4.79 Å². The van der Waals surface area contributed by atoms with Gasteiger partial charge in [0.2, 0.25) is 5.91 Å². The van der Waals surface area contributed by atoms with Crippen molar-refractivity contribution >= 4 is 34.4 Å². The number of hydrogen-bond donors (Lipinski definition) is 1. The summed E-state index contributed by atoms with van der Waals surface area (Å²) in [5.74, 6) is 2.08. The zero-order valence-electron chi connectivity index (χ0n) is 22.9. The number of nitrogens with two attached hydrogens (primary N) is 1. The van der Waals surface area contributed by atoms with Crippen molar-refractivity contribution in [3.8, 4) is 5.75 Å². The summed E-state index contributed by atoms with van der Waals surface area (Å²) in [4.78, 5) is 26.4. The standard InChI is InChI=1S/C30H35N7O2/c1-30(2)12-15-35(16-13-30)25-18-32-26-28(33-25)37(19-20-6-9-23(39-3)10-7-20)34-29(26)36-14-4-5-21-17-22(27(31)38)8-11-24(21)36/h6-11,17-18H,4-5,12-16,19H2,1-3H3,(H2,31,38). The van der Waals surface area contributed by atoms with Crippen LogP contribution in [0.3, 0.4) is 0 Å². The first-order valence-electron chi connectivity index (χ1n) is 13.6. The molecule has 2 aromatic heterocycles. The number of rotatable bonds is 6. The van der Waals surface area contributed by atoms with E-state index in [2.05, 4.69) is 35.8 Å². The van der Waals surface area contributed by atoms with Gasteiger partial charge in [-0.15, -0.1) is 0 Å². The molecule has 4 heterocycles. The third kappa shape index (κ3) is 4.89. The van der Waals surface area contributed by atoms with Gasteiger partial charge in [-0.25, -0.2) is 14.6 Å². The maximum atomic E-state index is 11.8. The predicted molar refractivity (Wildman–Crippen MR) is 153 cm³/mol. The van der Waals surface area contributed by atoms with Crippen LogP contribution in [0.25, 0.3) is 11.2 Å². The van der Waals surface area contributed by atoms with Gasteiger partial charge in [-0.05, 0) is 72.6 Å². The van der Waals surface area contributed by atoms with E-state index in [1.54, 1.807) is 13.2 Å². The molecule has 1 amide bonds. The average molecular weight is 526 g/mol. The molecule has 0 bridgehead atoms. The molecule has 2 N–H and O–H groups in total. The number of primary amides is 1. The second-order valence-electron chi connectivity index (χ2n) is 11.3. The van der Waals surface area contributed by atoms with Gasteiger partial charge in [0.25, 0.3) is 0 Å². The molecule has 9 nitrogen and oxygen atoms in total. The molecule has 202 valence electrons. The van der Waals surface area contributed by atoms with Gasteiger partial charge in [-0.1, -0.05) is 26.0 Å². The number of ether oxygens (including phenoxy) is 1. The number of hydrogen-bond acceptors (Lipinski definition) is 7. The van der Waals surface area contributed by atoms with Crippen LogP contribution in [0, 0.1) is 5.41 Å². The van der Waals surface area contributed by atoms with Gasteiger partial charge in [-0.2, -0.15) is 5.10 Å². The number of carbonyl (C=O) groups excluding carboxylic acids is 1. The minimum atomic E-state index is -0.413. The summed E-state index contributed by atoms with van der Waals surface area (Å²) < 4.78 is 7.30. The Balaban J connectivity index is 1.42. The van der Waals surface area contributed by atoms with Crippen LogP contribution in [0.1, 0.15) is 54.6 Å². The Morgan fingerprint density at radius 3 is 2.56 bits per heavy atom. The van der Waals surface area contributed by atoms with Crippen molar-refractivity contribution in [1.29, 1.82) is 0 Å². The summed E-state index contributed by atoms with van der Waals surface area (Å²) in [6.45, 7) is 7.97. The van der Waals surface area contributed by atoms with E-state index in [-0.39, 0.29) is 0 Å². The van der Waals surface area contributed by atoms with E-state index in [0.717, 1.165) is 90.7 Å². The number of aryl methyl sites for hydroxylation is 1. The average Bonchev–Trinajstić information content (AvgIpc) is 3.30. The lowest BCUT2D eigenvalue weighted by molar-refractivity contribution is 0.1000. The molecule has 0 aliphatic carbocycles. The highest BCUT2D eigenvalue weighted by Gasteiger charge is 2.29. The molecule has 6 rings (SSSR count). The van der Waals surface area contributed by atoms with Crippen molar-refractivity contribution in [2.45, 2.75) is 46.1 Å². The Morgan fingerprint density at radius 1 is 1.08 bits per heavy atom. The molecule has 0 radical (unpaired) electrons. The highest BCUT2D eigenvalue weighted by atomic mass is 16.5. The molecule has 0 spiro atoms. The summed E-state index contributed by atoms with van der Waals surface area (Å²) in [5, 5.41) is 5.09. The van der Waals surface area contributed by atoms with Gasteiger partial charge in [0, 0.05) is 30.9 Å². The van der Waals surface area contributed by atoms with Gasteiger partial charge < -0.3 is 20.3 Å². The van der Waals surface area contributed by atoms with Crippen LogP contribution in [0.2, 0.25) is 0 Å². The Labute approximate surface area is 228 Å². The second kappa shape index (κ2) is 9.87. The highest BCUT2D eigenvalue weighted by Crippen LogP contribution is 2.37. The fourth-order valence-corrected chi connectivity index (χ4v) is 5.58. The van der Waals surface area contributed by atoms with Crippen LogP contribution >= 0.6 is 0 Å². The molecular weight excluding hydrogens is 490 g/mol. The summed E-state index contributed by atoms with van der Waals surface area (Å²) in [6, 6.07) is 13.7. The lowest BCUT2D eigenvalue weighted by atomic mass is 9.83. The van der Waals surface area contributed by atoms with Gasteiger partial charge in [0.1, 0.15) is 11.6 Å². The third-order valence-electron chi connectivity index (χ3n) is 8.08. The minimum Gasteiger partial charge on any atom is -0.497 e. The smallest absolute Gasteiger partial charge is 0.248 e. The molecule has 9 heteroatoms. The number of anilines is 3. The Kier molecular flexibility index (Phi) is 6.37. The van der Waals surface area contributed by atoms with Crippen molar-refractivity contribution in [3.63, 3.8) is 0 Å². The number of amides is 1. The number of benzene rings is 2. The number of fused-ring (bicyclic) bond motifs is 2. The molecule has 1 saturated heterocycles. The Morgan fingerprint density at radius 2 is 1.85 bits per heavy atom. The van der Waals surface area contributed by atoms with E-state index in [0.29, 0.717) is 17.5 Å². The fourth-order valence-electron chi connectivity index (χ4n) is 5.58. The van der Waals surface area contributed by atoms with Gasteiger partial charge in [0.05, 0.1) is 19.9 Å². The first-order chi connectivity index (χ1) is 18.8. The predicted octanol–water partition coefficient (Wildman–Crippen LogP) is 4.69. The fraction of sp³-hybridized carbons (Fsp3) is 0.400. The van der Waals surface area contributed by atoms with Crippen LogP contribution in [-0.2, 0) is 13.0 Å². The molecule has 2 aliphatic heterocycles. The van der Waals surface area contributed by atoms with Crippen LogP contribution in [0.4, 0.5) is 17.3 Å². The van der Waals surface area contributed by atoms with E-state index in [1.165, 1.54) is 0 Å². The highest BCUT2D eigenvalue weighted by molar-refractivity contribution is 5.94. The van der Waals surface area contributed by atoms with Crippen molar-refractivity contribution in [1.82, 2.24) is 19.7 Å². The summed E-state index contributed by atoms with van der Waals surface area (Å²) in [5.41, 5.74) is 11.2. The SMILES string of the molecule is COc1ccc(Cn2nc(N3CCCc4cc(C(N)=O)ccc43)c3ncc(N4CCC(C)(C)CC4)nc32)cc1. The molecule has 4 aromatic rings. The van der Waals surface area contributed by atoms with Crippen LogP contribution in [0.15, 0.2) is 48.7 Å². The molecule has 39 heavy (non-hydrogen) atoms. The molecule has 0 atom stereocenters. The van der Waals surface area contributed by atoms with E-state index >= 15 is 0 Å². The van der Waals surface area contributed by atoms with Crippen LogP contribution in [-0.4, -0.2) is 52.4 Å². The molecule has 0 saturated carbocycles. The minimum absolute atomic E-state index is 0.355. The Hall–Kier alpha value is -4.14. The quantitative estimate of drug-likeness (QED) is 0.389. The largest absolute Gasteiger partial charge is 0.497 e. The lowest BCUT2D eigenvalue weighted by Gasteiger charge is -2.37. The number of piperidine rings is 1. The lowest BCUT2D eigenvalue weighted by Crippen LogP contribution is -2.37. The molecule has 1 fully saturated rings. The van der Waals surface area contributed by atoms with Crippen molar-refractivity contribution in [2.75, 3.05) is 36.5 Å². The summed E-state index contributed by atoms with van der Waals surface area (Å²) in [7, 11) is 1.67. The zero-order valence-corrected chi connectivity index (χ0v) is 22.9. The maximum absolute atomic E-state index is 11.8. The monoisotopic (exact) mass is 525 g/mol. The summed E-state index contributed by atoms with van der Waals surface area (Å²) >= 11 is 0. The van der Waals surface area contributed by atoms with Crippen molar-refractivity contribution in [3.05, 3.63) is 65.4 Å². The number of aromatic nitrogens is 4. The normalized spacial score (nSPS) is 16.8. The van der Waals surface area contributed by atoms with Crippen LogP contribution < -0.4 is 20.3 Å². The van der Waals surface area contributed by atoms with Crippen molar-refractivity contribution < 1.29 is 9.53 Å². The van der Waals surface area contributed by atoms with Gasteiger partial charge in [-0.3, -0.25) is 4.79 Å². The zero-order chi connectivity index (χ0) is 27.1. The van der Waals surface area contributed by atoms with E-state index in [4.69, 9.17) is 25.5 Å². The molecule has 2 aliphatic rings. The molecule has 0 unspecified atom stereocenters. The van der Waals surface area contributed by atoms with Crippen LogP contribution in [0.5, 0.6) is 5.75 Å². The topological polar surface area (TPSA) is 102 Å². The van der Waals surface area contributed by atoms with Crippen molar-refractivity contribution in [2.24, 2.45) is 11.1 Å². The van der Waals surface area contributed by atoms with Gasteiger partial charge >= 0.3 is 0 Å². The van der Waals surface area contributed by atoms with E-state index in [1.807, 2.05) is 35.1 Å².